The summed E-state index contributed by atoms with van der Waals surface area (Å²) < 4.78 is 11.4. The summed E-state index contributed by atoms with van der Waals surface area (Å²) in [6.45, 7) is 8.15. The first-order valence-electron chi connectivity index (χ1n) is 9.41. The van der Waals surface area contributed by atoms with Crippen molar-refractivity contribution in [1.29, 1.82) is 5.26 Å². The Morgan fingerprint density at radius 3 is 2.43 bits per heavy atom. The van der Waals surface area contributed by atoms with Crippen LogP contribution >= 0.6 is 0 Å². The van der Waals surface area contributed by atoms with Crippen LogP contribution in [0.3, 0.4) is 0 Å². The smallest absolute Gasteiger partial charge is 0.311 e. The van der Waals surface area contributed by atoms with Crippen molar-refractivity contribution in [2.75, 3.05) is 0 Å². The van der Waals surface area contributed by atoms with Crippen molar-refractivity contribution in [3.05, 3.63) is 71.8 Å². The van der Waals surface area contributed by atoms with Crippen molar-refractivity contribution in [1.82, 2.24) is 0 Å². The number of hydrogen-bond acceptors (Lipinski definition) is 4. The fourth-order valence-corrected chi connectivity index (χ4v) is 3.52. The number of carbonyl (C=O) groups excluding carboxylic acids is 1. The van der Waals surface area contributed by atoms with Gasteiger partial charge in [-0.3, -0.25) is 4.79 Å². The molecule has 3 atom stereocenters. The zero-order valence-electron chi connectivity index (χ0n) is 16.7. The summed E-state index contributed by atoms with van der Waals surface area (Å²) in [6, 6.07) is 18.6. The van der Waals surface area contributed by atoms with E-state index in [9.17, 15) is 10.1 Å². The topological polar surface area (TPSA) is 59.3 Å². The summed E-state index contributed by atoms with van der Waals surface area (Å²) in [5, 5.41) is 9.57. The van der Waals surface area contributed by atoms with Crippen LogP contribution in [0.4, 0.5) is 0 Å². The Balaban J connectivity index is 1.72. The van der Waals surface area contributed by atoms with Gasteiger partial charge in [-0.25, -0.2) is 0 Å². The molecule has 0 aromatic heterocycles. The van der Waals surface area contributed by atoms with Crippen molar-refractivity contribution >= 4 is 5.97 Å². The lowest BCUT2D eigenvalue weighted by molar-refractivity contribution is -0.149. The molecule has 0 aliphatic heterocycles. The molecule has 2 aromatic rings. The van der Waals surface area contributed by atoms with E-state index in [0.29, 0.717) is 17.1 Å². The van der Waals surface area contributed by atoms with E-state index in [1.54, 1.807) is 18.2 Å². The second kappa shape index (κ2) is 7.90. The summed E-state index contributed by atoms with van der Waals surface area (Å²) in [6.07, 6.45) is 1.15. The van der Waals surface area contributed by atoms with E-state index in [1.807, 2.05) is 50.2 Å². The van der Waals surface area contributed by atoms with E-state index in [2.05, 4.69) is 26.0 Å². The highest BCUT2D eigenvalue weighted by molar-refractivity contribution is 5.78. The Morgan fingerprint density at radius 2 is 1.79 bits per heavy atom. The van der Waals surface area contributed by atoms with Gasteiger partial charge in [-0.2, -0.15) is 5.26 Å². The standard InChI is InChI=1S/C24H25NO3/c1-16(2)13-20-22(24(20,3)4)23(26)28-21(15-25)17-9-8-12-19(14-17)27-18-10-6-5-7-11-18/h5-14,20-22H,1-4H3/t20-,21?,22+/m0/s1. The van der Waals surface area contributed by atoms with Crippen LogP contribution in [0.2, 0.25) is 0 Å². The number of nitrogens with zero attached hydrogens (tertiary/aromatic N) is 1. The molecular weight excluding hydrogens is 350 g/mol. The molecule has 0 heterocycles. The molecule has 0 radical (unpaired) electrons. The highest BCUT2D eigenvalue weighted by Gasteiger charge is 2.61. The summed E-state index contributed by atoms with van der Waals surface area (Å²) in [5.74, 6) is 0.899. The molecule has 1 aliphatic rings. The normalized spacial score (nSPS) is 20.4. The van der Waals surface area contributed by atoms with Crippen molar-refractivity contribution in [3.63, 3.8) is 0 Å². The molecule has 1 fully saturated rings. The average molecular weight is 375 g/mol. The minimum Gasteiger partial charge on any atom is -0.457 e. The number of carbonyl (C=O) groups is 1. The first-order valence-corrected chi connectivity index (χ1v) is 9.41. The maximum atomic E-state index is 12.7. The van der Waals surface area contributed by atoms with Crippen LogP contribution in [0.5, 0.6) is 11.5 Å². The number of para-hydroxylation sites is 1. The fourth-order valence-electron chi connectivity index (χ4n) is 3.52. The van der Waals surface area contributed by atoms with Crippen LogP contribution in [0.25, 0.3) is 0 Å². The van der Waals surface area contributed by atoms with Gasteiger partial charge in [0.05, 0.1) is 5.92 Å². The van der Waals surface area contributed by atoms with E-state index in [1.165, 1.54) is 5.57 Å². The van der Waals surface area contributed by atoms with Crippen LogP contribution in [0.1, 0.15) is 39.4 Å². The SMILES string of the molecule is CC(C)=C[C@H]1[C@H](C(=O)OC(C#N)c2cccc(Oc3ccccc3)c2)C1(C)C. The quantitative estimate of drug-likeness (QED) is 0.471. The maximum Gasteiger partial charge on any atom is 0.311 e. The number of nitriles is 1. The van der Waals surface area contributed by atoms with Crippen molar-refractivity contribution in [3.8, 4) is 17.6 Å². The number of esters is 1. The zero-order valence-corrected chi connectivity index (χ0v) is 16.7. The van der Waals surface area contributed by atoms with Gasteiger partial charge < -0.3 is 9.47 Å². The van der Waals surface area contributed by atoms with Gasteiger partial charge in [0.15, 0.2) is 0 Å². The van der Waals surface area contributed by atoms with Crippen LogP contribution in [-0.2, 0) is 9.53 Å². The molecular formula is C24H25NO3. The highest BCUT2D eigenvalue weighted by atomic mass is 16.5. The maximum absolute atomic E-state index is 12.7. The lowest BCUT2D eigenvalue weighted by Gasteiger charge is -2.13. The van der Waals surface area contributed by atoms with Crippen molar-refractivity contribution < 1.29 is 14.3 Å². The van der Waals surface area contributed by atoms with Gasteiger partial charge in [-0.15, -0.1) is 0 Å². The highest BCUT2D eigenvalue weighted by Crippen LogP contribution is 2.60. The average Bonchev–Trinajstić information content (AvgIpc) is 3.20. The lowest BCUT2D eigenvalue weighted by Crippen LogP contribution is -2.14. The Kier molecular flexibility index (Phi) is 5.56. The van der Waals surface area contributed by atoms with E-state index in [4.69, 9.17) is 9.47 Å². The molecule has 3 rings (SSSR count). The number of hydrogen-bond donors (Lipinski definition) is 0. The van der Waals surface area contributed by atoms with Gasteiger partial charge in [0.1, 0.15) is 17.6 Å². The summed E-state index contributed by atoms with van der Waals surface area (Å²) in [5.41, 5.74) is 1.63. The monoisotopic (exact) mass is 375 g/mol. The minimum absolute atomic E-state index is 0.146. The third-order valence-electron chi connectivity index (χ3n) is 5.17. The summed E-state index contributed by atoms with van der Waals surface area (Å²) >= 11 is 0. The molecule has 28 heavy (non-hydrogen) atoms. The first kappa shape index (κ1) is 19.7. The molecule has 1 saturated carbocycles. The largest absolute Gasteiger partial charge is 0.457 e. The summed E-state index contributed by atoms with van der Waals surface area (Å²) in [7, 11) is 0. The van der Waals surface area contributed by atoms with E-state index >= 15 is 0 Å². The fraction of sp³-hybridized carbons (Fsp3) is 0.333. The van der Waals surface area contributed by atoms with Crippen LogP contribution in [0, 0.1) is 28.6 Å². The van der Waals surface area contributed by atoms with Gasteiger partial charge in [0.2, 0.25) is 6.10 Å². The van der Waals surface area contributed by atoms with Crippen LogP contribution in [-0.4, -0.2) is 5.97 Å². The third-order valence-corrected chi connectivity index (χ3v) is 5.17. The molecule has 0 saturated heterocycles. The molecule has 0 amide bonds. The zero-order chi connectivity index (χ0) is 20.3. The number of allylic oxidation sites excluding steroid dienone is 2. The Morgan fingerprint density at radius 1 is 1.11 bits per heavy atom. The van der Waals surface area contributed by atoms with E-state index in [-0.39, 0.29) is 23.2 Å². The van der Waals surface area contributed by atoms with Crippen LogP contribution in [0.15, 0.2) is 66.2 Å². The Hall–Kier alpha value is -3.06. The predicted molar refractivity (Wildman–Crippen MR) is 108 cm³/mol. The van der Waals surface area contributed by atoms with Gasteiger partial charge in [0.25, 0.3) is 0 Å². The Bertz CT molecular complexity index is 920. The molecule has 1 unspecified atom stereocenters. The van der Waals surface area contributed by atoms with Gasteiger partial charge in [0, 0.05) is 5.56 Å². The van der Waals surface area contributed by atoms with Crippen molar-refractivity contribution in [2.24, 2.45) is 17.3 Å². The minimum atomic E-state index is -0.962. The number of ether oxygens (including phenoxy) is 2. The van der Waals surface area contributed by atoms with Crippen LogP contribution < -0.4 is 4.74 Å². The number of rotatable bonds is 6. The van der Waals surface area contributed by atoms with Crippen molar-refractivity contribution in [2.45, 2.75) is 33.8 Å². The van der Waals surface area contributed by atoms with E-state index < -0.39 is 6.10 Å². The van der Waals surface area contributed by atoms with Gasteiger partial charge in [-0.1, -0.05) is 55.8 Å². The summed E-state index contributed by atoms with van der Waals surface area (Å²) in [4.78, 5) is 12.7. The first-order chi connectivity index (χ1) is 13.3. The number of benzene rings is 2. The molecule has 144 valence electrons. The molecule has 4 nitrogen and oxygen atoms in total. The lowest BCUT2D eigenvalue weighted by atomic mass is 10.1. The molecule has 0 bridgehead atoms. The second-order valence-corrected chi connectivity index (χ2v) is 8.00. The molecule has 0 N–H and O–H groups in total. The Labute approximate surface area is 166 Å². The molecule has 0 spiro atoms. The second-order valence-electron chi connectivity index (χ2n) is 8.00. The molecule has 1 aliphatic carbocycles. The third kappa shape index (κ3) is 4.26. The van der Waals surface area contributed by atoms with Gasteiger partial charge in [-0.05, 0) is 49.4 Å². The van der Waals surface area contributed by atoms with E-state index in [0.717, 1.165) is 0 Å². The molecule has 4 heteroatoms. The van der Waals surface area contributed by atoms with Gasteiger partial charge >= 0.3 is 5.97 Å². The predicted octanol–water partition coefficient (Wildman–Crippen LogP) is 5.83. The molecule has 2 aromatic carbocycles.